The number of nitrogens with two attached hydrogens (primary N) is 1. The Balaban J connectivity index is 1.60. The van der Waals surface area contributed by atoms with Crippen LogP contribution in [0.4, 0.5) is 11.5 Å². The molecule has 0 radical (unpaired) electrons. The number of benzene rings is 1. The van der Waals surface area contributed by atoms with Crippen LogP contribution in [0.15, 0.2) is 24.4 Å². The summed E-state index contributed by atoms with van der Waals surface area (Å²) >= 11 is 11.8. The number of nitrogen functional groups attached to an aromatic ring is 1. The molecule has 0 unspecified atom stereocenters. The van der Waals surface area contributed by atoms with Crippen molar-refractivity contribution in [2.24, 2.45) is 0 Å². The summed E-state index contributed by atoms with van der Waals surface area (Å²) < 4.78 is 6.82. The molecule has 26 heavy (non-hydrogen) atoms. The largest absolute Gasteiger partial charge is 0.452 e. The summed E-state index contributed by atoms with van der Waals surface area (Å²) in [4.78, 5) is 24.3. The SMILES string of the molecule is Nc1c(Cl)cc(Cl)cc1C(=O)OCC(=O)Nc1ccnn1C1CCCC1. The van der Waals surface area contributed by atoms with Crippen molar-refractivity contribution in [1.29, 1.82) is 0 Å². The molecule has 1 aliphatic rings. The molecule has 1 heterocycles. The molecule has 2 aromatic rings. The topological polar surface area (TPSA) is 99.2 Å². The maximum absolute atomic E-state index is 12.1. The number of hydrogen-bond donors (Lipinski definition) is 2. The van der Waals surface area contributed by atoms with Crippen LogP contribution in [0.1, 0.15) is 42.1 Å². The third-order valence-electron chi connectivity index (χ3n) is 4.26. The van der Waals surface area contributed by atoms with Crippen molar-refractivity contribution in [2.75, 3.05) is 17.7 Å². The van der Waals surface area contributed by atoms with Crippen LogP contribution in [0.25, 0.3) is 0 Å². The van der Waals surface area contributed by atoms with Crippen molar-refractivity contribution in [3.63, 3.8) is 0 Å². The fraction of sp³-hybridized carbons (Fsp3) is 0.353. The van der Waals surface area contributed by atoms with Crippen molar-refractivity contribution in [3.05, 3.63) is 40.0 Å². The lowest BCUT2D eigenvalue weighted by Crippen LogP contribution is -2.23. The van der Waals surface area contributed by atoms with Gasteiger partial charge < -0.3 is 15.8 Å². The van der Waals surface area contributed by atoms with E-state index < -0.39 is 18.5 Å². The van der Waals surface area contributed by atoms with Gasteiger partial charge in [-0.05, 0) is 25.0 Å². The van der Waals surface area contributed by atoms with Crippen LogP contribution in [-0.4, -0.2) is 28.3 Å². The molecule has 0 aliphatic heterocycles. The molecule has 138 valence electrons. The third kappa shape index (κ3) is 4.11. The van der Waals surface area contributed by atoms with Crippen LogP contribution in [-0.2, 0) is 9.53 Å². The molecule has 1 fully saturated rings. The third-order valence-corrected chi connectivity index (χ3v) is 4.79. The van der Waals surface area contributed by atoms with Gasteiger partial charge in [0.2, 0.25) is 0 Å². The first-order chi connectivity index (χ1) is 12.5. The van der Waals surface area contributed by atoms with Crippen molar-refractivity contribution in [3.8, 4) is 0 Å². The number of aromatic nitrogens is 2. The van der Waals surface area contributed by atoms with E-state index in [4.69, 9.17) is 33.7 Å². The number of hydrogen-bond acceptors (Lipinski definition) is 5. The molecule has 0 saturated heterocycles. The Labute approximate surface area is 160 Å². The summed E-state index contributed by atoms with van der Waals surface area (Å²) in [5, 5.41) is 7.38. The average Bonchev–Trinajstić information content (AvgIpc) is 3.27. The molecular weight excluding hydrogens is 379 g/mol. The summed E-state index contributed by atoms with van der Waals surface area (Å²) in [5.74, 6) is -0.653. The number of carbonyl (C=O) groups excluding carboxylic acids is 2. The van der Waals surface area contributed by atoms with Crippen LogP contribution in [0.2, 0.25) is 10.0 Å². The summed E-state index contributed by atoms with van der Waals surface area (Å²) in [6, 6.07) is 4.77. The van der Waals surface area contributed by atoms with Crippen LogP contribution in [0, 0.1) is 0 Å². The molecule has 7 nitrogen and oxygen atoms in total. The first-order valence-electron chi connectivity index (χ1n) is 8.20. The monoisotopic (exact) mass is 396 g/mol. The minimum Gasteiger partial charge on any atom is -0.452 e. The second-order valence-corrected chi connectivity index (χ2v) is 6.92. The number of anilines is 2. The van der Waals surface area contributed by atoms with Crippen molar-refractivity contribution in [2.45, 2.75) is 31.7 Å². The maximum Gasteiger partial charge on any atom is 0.340 e. The van der Waals surface area contributed by atoms with Gasteiger partial charge in [0.1, 0.15) is 5.82 Å². The van der Waals surface area contributed by atoms with E-state index in [-0.39, 0.29) is 27.3 Å². The van der Waals surface area contributed by atoms with E-state index in [9.17, 15) is 9.59 Å². The zero-order chi connectivity index (χ0) is 18.7. The summed E-state index contributed by atoms with van der Waals surface area (Å²) in [7, 11) is 0. The van der Waals surface area contributed by atoms with Gasteiger partial charge in [-0.25, -0.2) is 9.48 Å². The van der Waals surface area contributed by atoms with E-state index in [0.29, 0.717) is 5.82 Å². The average molecular weight is 397 g/mol. The van der Waals surface area contributed by atoms with Crippen LogP contribution < -0.4 is 11.1 Å². The van der Waals surface area contributed by atoms with Gasteiger partial charge in [-0.3, -0.25) is 4.79 Å². The Hall–Kier alpha value is -2.25. The summed E-state index contributed by atoms with van der Waals surface area (Å²) in [6.45, 7) is -0.460. The number of rotatable bonds is 5. The van der Waals surface area contributed by atoms with Crippen molar-refractivity contribution >= 4 is 46.6 Å². The minimum atomic E-state index is -0.772. The summed E-state index contributed by atoms with van der Waals surface area (Å²) in [5.41, 5.74) is 5.83. The van der Waals surface area contributed by atoms with Gasteiger partial charge in [0.05, 0.1) is 28.5 Å². The number of carbonyl (C=O) groups is 2. The van der Waals surface area contributed by atoms with E-state index in [2.05, 4.69) is 10.4 Å². The van der Waals surface area contributed by atoms with E-state index >= 15 is 0 Å². The zero-order valence-corrected chi connectivity index (χ0v) is 15.4. The number of esters is 1. The highest BCUT2D eigenvalue weighted by atomic mass is 35.5. The Morgan fingerprint density at radius 2 is 2.04 bits per heavy atom. The van der Waals surface area contributed by atoms with Crippen molar-refractivity contribution < 1.29 is 14.3 Å². The first kappa shape index (κ1) is 18.5. The first-order valence-corrected chi connectivity index (χ1v) is 8.96. The van der Waals surface area contributed by atoms with Gasteiger partial charge >= 0.3 is 5.97 Å². The molecule has 3 N–H and O–H groups in total. The molecule has 0 atom stereocenters. The quantitative estimate of drug-likeness (QED) is 0.592. The smallest absolute Gasteiger partial charge is 0.340 e. The normalized spacial score (nSPS) is 14.4. The molecule has 0 bridgehead atoms. The van der Waals surface area contributed by atoms with E-state index in [1.807, 2.05) is 0 Å². The molecule has 9 heteroatoms. The summed E-state index contributed by atoms with van der Waals surface area (Å²) in [6.07, 6.45) is 6.01. The number of ether oxygens (including phenoxy) is 1. The number of amides is 1. The van der Waals surface area contributed by atoms with Gasteiger partial charge in [-0.2, -0.15) is 5.10 Å². The highest BCUT2D eigenvalue weighted by Gasteiger charge is 2.21. The molecule has 1 aromatic carbocycles. The van der Waals surface area contributed by atoms with E-state index in [1.54, 1.807) is 16.9 Å². The highest BCUT2D eigenvalue weighted by Crippen LogP contribution is 2.31. The Kier molecular flexibility index (Phi) is 5.68. The van der Waals surface area contributed by atoms with Gasteiger partial charge in [-0.15, -0.1) is 0 Å². The molecule has 0 spiro atoms. The predicted octanol–water partition coefficient (Wildman–Crippen LogP) is 3.68. The number of halogens is 2. The standard InChI is InChI=1S/C17H18Cl2N4O3/c18-10-7-12(16(20)13(19)8-10)17(25)26-9-15(24)22-14-5-6-21-23(14)11-3-1-2-4-11/h5-8,11H,1-4,9,20H2,(H,22,24). The molecular formula is C17H18Cl2N4O3. The Morgan fingerprint density at radius 3 is 2.77 bits per heavy atom. The fourth-order valence-corrected chi connectivity index (χ4v) is 3.49. The fourth-order valence-electron chi connectivity index (χ4n) is 2.99. The van der Waals surface area contributed by atoms with Gasteiger partial charge in [-0.1, -0.05) is 36.0 Å². The Bertz CT molecular complexity index is 831. The van der Waals surface area contributed by atoms with E-state index in [0.717, 1.165) is 25.7 Å². The number of nitrogens with zero attached hydrogens (tertiary/aromatic N) is 2. The second kappa shape index (κ2) is 7.97. The second-order valence-electron chi connectivity index (χ2n) is 6.07. The Morgan fingerprint density at radius 1 is 1.31 bits per heavy atom. The predicted molar refractivity (Wildman–Crippen MR) is 99.5 cm³/mol. The zero-order valence-electron chi connectivity index (χ0n) is 13.9. The van der Waals surface area contributed by atoms with Crippen molar-refractivity contribution in [1.82, 2.24) is 9.78 Å². The lowest BCUT2D eigenvalue weighted by molar-refractivity contribution is -0.119. The van der Waals surface area contributed by atoms with E-state index in [1.165, 1.54) is 12.1 Å². The highest BCUT2D eigenvalue weighted by molar-refractivity contribution is 6.37. The van der Waals surface area contributed by atoms with Gasteiger partial charge in [0, 0.05) is 11.1 Å². The van der Waals surface area contributed by atoms with Crippen LogP contribution >= 0.6 is 23.2 Å². The molecule has 1 saturated carbocycles. The molecule has 1 amide bonds. The maximum atomic E-state index is 12.1. The van der Waals surface area contributed by atoms with Crippen LogP contribution in [0.5, 0.6) is 0 Å². The molecule has 3 rings (SSSR count). The number of nitrogens with one attached hydrogen (secondary N) is 1. The molecule has 1 aromatic heterocycles. The van der Waals surface area contributed by atoms with Gasteiger partial charge in [0.15, 0.2) is 6.61 Å². The van der Waals surface area contributed by atoms with Crippen LogP contribution in [0.3, 0.4) is 0 Å². The van der Waals surface area contributed by atoms with Gasteiger partial charge in [0.25, 0.3) is 5.91 Å². The minimum absolute atomic E-state index is 0.0197. The lowest BCUT2D eigenvalue weighted by Gasteiger charge is -2.14. The lowest BCUT2D eigenvalue weighted by atomic mass is 10.2. The molecule has 1 aliphatic carbocycles.